The Morgan fingerprint density at radius 2 is 1.45 bits per heavy atom. The van der Waals surface area contributed by atoms with Crippen LogP contribution in [0.3, 0.4) is 0 Å². The molecule has 0 radical (unpaired) electrons. The Bertz CT molecular complexity index is 659. The first-order chi connectivity index (χ1) is 9.69. The van der Waals surface area contributed by atoms with Crippen LogP contribution in [0.15, 0.2) is 48.5 Å². The van der Waals surface area contributed by atoms with Crippen LogP contribution < -0.4 is 4.74 Å². The van der Waals surface area contributed by atoms with Crippen molar-refractivity contribution in [1.82, 2.24) is 0 Å². The minimum atomic E-state index is 0.190. The van der Waals surface area contributed by atoms with Gasteiger partial charge in [-0.25, -0.2) is 0 Å². The molecule has 0 fully saturated rings. The molecule has 0 amide bonds. The summed E-state index contributed by atoms with van der Waals surface area (Å²) < 4.78 is 5.63. The molecule has 0 aliphatic carbocycles. The highest BCUT2D eigenvalue weighted by Crippen LogP contribution is 2.23. The molecule has 0 N–H and O–H groups in total. The fourth-order valence-corrected chi connectivity index (χ4v) is 1.85. The lowest BCUT2D eigenvalue weighted by atomic mass is 10.0. The third-order valence-corrected chi connectivity index (χ3v) is 2.72. The summed E-state index contributed by atoms with van der Waals surface area (Å²) in [5, 5.41) is 0. The van der Waals surface area contributed by atoms with Crippen LogP contribution in [-0.2, 0) is 0 Å². The average Bonchev–Trinajstić information content (AvgIpc) is 2.46. The number of hydrogen-bond donors (Lipinski definition) is 0. The van der Waals surface area contributed by atoms with Gasteiger partial charge in [0.15, 0.2) is 0 Å². The highest BCUT2D eigenvalue weighted by molar-refractivity contribution is 5.65. The summed E-state index contributed by atoms with van der Waals surface area (Å²) in [6.45, 7) is 4.04. The van der Waals surface area contributed by atoms with E-state index in [4.69, 9.17) is 11.2 Å². The van der Waals surface area contributed by atoms with E-state index in [0.29, 0.717) is 0 Å². The summed E-state index contributed by atoms with van der Waals surface area (Å²) in [5.74, 6) is 8.71. The van der Waals surface area contributed by atoms with Gasteiger partial charge >= 0.3 is 0 Å². The number of rotatable bonds is 3. The second-order valence-electron chi connectivity index (χ2n) is 4.66. The van der Waals surface area contributed by atoms with Gasteiger partial charge in [0.1, 0.15) is 5.75 Å². The van der Waals surface area contributed by atoms with Gasteiger partial charge in [-0.3, -0.25) is 0 Å². The van der Waals surface area contributed by atoms with Gasteiger partial charge in [0.25, 0.3) is 0 Å². The van der Waals surface area contributed by atoms with E-state index in [2.05, 4.69) is 29.9 Å². The lowest BCUT2D eigenvalue weighted by Crippen LogP contribution is -2.05. The molecule has 0 heterocycles. The van der Waals surface area contributed by atoms with Crippen LogP contribution in [-0.4, -0.2) is 6.10 Å². The molecule has 20 heavy (non-hydrogen) atoms. The highest BCUT2D eigenvalue weighted by Gasteiger charge is 2.00. The third kappa shape index (κ3) is 3.67. The Morgan fingerprint density at radius 3 is 1.95 bits per heavy atom. The normalized spacial score (nSPS) is 9.50. The molecule has 0 aliphatic heterocycles. The zero-order chi connectivity index (χ0) is 14.4. The van der Waals surface area contributed by atoms with Gasteiger partial charge in [-0.05, 0) is 61.1 Å². The van der Waals surface area contributed by atoms with Gasteiger partial charge in [-0.1, -0.05) is 30.2 Å². The largest absolute Gasteiger partial charge is 0.491 e. The standard InChI is InChI=1S/C19H16O/c1-4-5-6-16-7-9-17(10-8-16)18-11-13-19(14-12-18)20-15(2)3/h1,7-15H,2-3H3. The van der Waals surface area contributed by atoms with Gasteiger partial charge in [-0.15, -0.1) is 6.42 Å². The molecule has 0 saturated carbocycles. The van der Waals surface area contributed by atoms with Crippen LogP contribution in [0, 0.1) is 24.2 Å². The minimum Gasteiger partial charge on any atom is -0.491 e. The van der Waals surface area contributed by atoms with E-state index in [-0.39, 0.29) is 6.10 Å². The van der Waals surface area contributed by atoms with Gasteiger partial charge < -0.3 is 4.74 Å². The molecule has 0 aromatic heterocycles. The first-order valence-electron chi connectivity index (χ1n) is 6.53. The Balaban J connectivity index is 2.17. The number of ether oxygens (including phenoxy) is 1. The number of benzene rings is 2. The first-order valence-corrected chi connectivity index (χ1v) is 6.53. The molecule has 2 rings (SSSR count). The minimum absolute atomic E-state index is 0.190. The van der Waals surface area contributed by atoms with Crippen LogP contribution >= 0.6 is 0 Å². The molecular weight excluding hydrogens is 244 g/mol. The lowest BCUT2D eigenvalue weighted by Gasteiger charge is -2.10. The Morgan fingerprint density at radius 1 is 0.900 bits per heavy atom. The molecule has 0 aliphatic rings. The molecule has 98 valence electrons. The zero-order valence-electron chi connectivity index (χ0n) is 11.7. The average molecular weight is 260 g/mol. The fourth-order valence-electron chi connectivity index (χ4n) is 1.85. The second-order valence-corrected chi connectivity index (χ2v) is 4.66. The van der Waals surface area contributed by atoms with Crippen molar-refractivity contribution < 1.29 is 4.74 Å². The van der Waals surface area contributed by atoms with Crippen LogP contribution in [0.4, 0.5) is 0 Å². The second kappa shape index (κ2) is 6.50. The van der Waals surface area contributed by atoms with E-state index >= 15 is 0 Å². The summed E-state index contributed by atoms with van der Waals surface area (Å²) in [4.78, 5) is 0. The summed E-state index contributed by atoms with van der Waals surface area (Å²) in [7, 11) is 0. The van der Waals surface area contributed by atoms with Crippen molar-refractivity contribution in [2.45, 2.75) is 20.0 Å². The maximum absolute atomic E-state index is 5.63. The van der Waals surface area contributed by atoms with Crippen LogP contribution in [0.25, 0.3) is 11.1 Å². The molecule has 1 heteroatoms. The molecule has 0 spiro atoms. The van der Waals surface area contributed by atoms with Crippen molar-refractivity contribution in [2.24, 2.45) is 0 Å². The van der Waals surface area contributed by atoms with E-state index in [0.717, 1.165) is 22.4 Å². The lowest BCUT2D eigenvalue weighted by molar-refractivity contribution is 0.242. The van der Waals surface area contributed by atoms with Crippen molar-refractivity contribution in [3.8, 4) is 41.1 Å². The highest BCUT2D eigenvalue weighted by atomic mass is 16.5. The quantitative estimate of drug-likeness (QED) is 0.754. The predicted molar refractivity (Wildman–Crippen MR) is 83.4 cm³/mol. The Hall–Kier alpha value is -2.64. The smallest absolute Gasteiger partial charge is 0.119 e. The molecule has 1 nitrogen and oxygen atoms in total. The molecule has 2 aromatic carbocycles. The Kier molecular flexibility index (Phi) is 4.48. The zero-order valence-corrected chi connectivity index (χ0v) is 11.7. The molecule has 0 saturated heterocycles. The summed E-state index contributed by atoms with van der Waals surface area (Å²) in [5.41, 5.74) is 3.22. The molecule has 0 atom stereocenters. The fraction of sp³-hybridized carbons (Fsp3) is 0.158. The number of hydrogen-bond acceptors (Lipinski definition) is 1. The third-order valence-electron chi connectivity index (χ3n) is 2.72. The van der Waals surface area contributed by atoms with Crippen molar-refractivity contribution in [2.75, 3.05) is 0 Å². The van der Waals surface area contributed by atoms with E-state index in [1.54, 1.807) is 0 Å². The van der Waals surface area contributed by atoms with Gasteiger partial charge in [-0.2, -0.15) is 0 Å². The van der Waals surface area contributed by atoms with Crippen LogP contribution in [0.2, 0.25) is 0 Å². The molecule has 2 aromatic rings. The monoisotopic (exact) mass is 260 g/mol. The van der Waals surface area contributed by atoms with Gasteiger partial charge in [0.2, 0.25) is 0 Å². The van der Waals surface area contributed by atoms with Crippen molar-refractivity contribution >= 4 is 0 Å². The van der Waals surface area contributed by atoms with Crippen molar-refractivity contribution in [1.29, 1.82) is 0 Å². The maximum atomic E-state index is 5.63. The van der Waals surface area contributed by atoms with E-state index in [9.17, 15) is 0 Å². The Labute approximate surface area is 120 Å². The topological polar surface area (TPSA) is 9.23 Å². The summed E-state index contributed by atoms with van der Waals surface area (Å²) in [6, 6.07) is 16.1. The van der Waals surface area contributed by atoms with Gasteiger partial charge in [0, 0.05) is 5.56 Å². The SMILES string of the molecule is C#CC#Cc1ccc(-c2ccc(OC(C)C)cc2)cc1. The predicted octanol–water partition coefficient (Wildman–Crippen LogP) is 4.13. The molecule has 0 bridgehead atoms. The van der Waals surface area contributed by atoms with E-state index in [1.807, 2.05) is 50.2 Å². The summed E-state index contributed by atoms with van der Waals surface area (Å²) in [6.07, 6.45) is 5.30. The molecule has 0 unspecified atom stereocenters. The maximum Gasteiger partial charge on any atom is 0.119 e. The first kappa shape index (κ1) is 13.8. The van der Waals surface area contributed by atoms with Gasteiger partial charge in [0.05, 0.1) is 6.10 Å². The van der Waals surface area contributed by atoms with Crippen LogP contribution in [0.1, 0.15) is 19.4 Å². The summed E-state index contributed by atoms with van der Waals surface area (Å²) >= 11 is 0. The number of terminal acetylenes is 1. The van der Waals surface area contributed by atoms with Crippen molar-refractivity contribution in [3.63, 3.8) is 0 Å². The van der Waals surface area contributed by atoms with E-state index < -0.39 is 0 Å². The van der Waals surface area contributed by atoms with E-state index in [1.165, 1.54) is 0 Å². The molecular formula is C19H16O. The van der Waals surface area contributed by atoms with Crippen LogP contribution in [0.5, 0.6) is 5.75 Å². The van der Waals surface area contributed by atoms with Crippen molar-refractivity contribution in [3.05, 3.63) is 54.1 Å².